The fourth-order valence-corrected chi connectivity index (χ4v) is 3.13. The highest BCUT2D eigenvalue weighted by atomic mass is 16.5. The second-order valence-electron chi connectivity index (χ2n) is 6.41. The van der Waals surface area contributed by atoms with Crippen LogP contribution in [0.2, 0.25) is 0 Å². The number of methoxy groups -OCH3 is 1. The lowest BCUT2D eigenvalue weighted by Gasteiger charge is -2.15. The average Bonchev–Trinajstić information content (AvgIpc) is 3.04. The van der Waals surface area contributed by atoms with Crippen LogP contribution in [0.3, 0.4) is 0 Å². The van der Waals surface area contributed by atoms with Crippen LogP contribution in [-0.4, -0.2) is 29.2 Å². The van der Waals surface area contributed by atoms with Crippen molar-refractivity contribution in [2.45, 2.75) is 32.9 Å². The van der Waals surface area contributed by atoms with Gasteiger partial charge in [-0.1, -0.05) is 18.2 Å². The zero-order valence-corrected chi connectivity index (χ0v) is 15.9. The maximum absolute atomic E-state index is 11.4. The minimum absolute atomic E-state index is 0.0672. The van der Waals surface area contributed by atoms with Gasteiger partial charge in [0.05, 0.1) is 30.8 Å². The molecule has 142 valence electrons. The van der Waals surface area contributed by atoms with E-state index in [0.29, 0.717) is 6.61 Å². The summed E-state index contributed by atoms with van der Waals surface area (Å²) in [4.78, 5) is 16.2. The molecule has 0 aliphatic carbocycles. The Bertz CT molecular complexity index is 920. The standard InChI is InChI=1S/C21H25N3O3/c1-15(22-16(2)25)21-23-19-10-4-5-11-20(19)24(21)12-7-13-27-18-9-6-8-17(14-18)26-3/h4-6,8-11,14-15H,7,12-13H2,1-3H3,(H,22,25). The minimum Gasteiger partial charge on any atom is -0.497 e. The molecule has 1 heterocycles. The summed E-state index contributed by atoms with van der Waals surface area (Å²) in [7, 11) is 1.64. The summed E-state index contributed by atoms with van der Waals surface area (Å²) in [6.07, 6.45) is 0.817. The molecule has 1 atom stereocenters. The normalized spacial score (nSPS) is 12.0. The first-order chi connectivity index (χ1) is 13.1. The Morgan fingerprint density at radius 1 is 1.19 bits per heavy atom. The molecule has 0 aliphatic rings. The second-order valence-corrected chi connectivity index (χ2v) is 6.41. The molecule has 0 saturated carbocycles. The number of hydrogen-bond acceptors (Lipinski definition) is 4. The Hall–Kier alpha value is -3.02. The Kier molecular flexibility index (Phi) is 5.96. The number of imidazole rings is 1. The van der Waals surface area contributed by atoms with Gasteiger partial charge in [0, 0.05) is 19.5 Å². The van der Waals surface area contributed by atoms with Crippen molar-refractivity contribution in [3.05, 3.63) is 54.4 Å². The van der Waals surface area contributed by atoms with Gasteiger partial charge in [0.1, 0.15) is 17.3 Å². The van der Waals surface area contributed by atoms with E-state index in [2.05, 4.69) is 16.0 Å². The molecule has 1 amide bonds. The van der Waals surface area contributed by atoms with E-state index in [0.717, 1.165) is 41.3 Å². The van der Waals surface area contributed by atoms with E-state index >= 15 is 0 Å². The van der Waals surface area contributed by atoms with Crippen LogP contribution in [0.15, 0.2) is 48.5 Å². The molecule has 0 aliphatic heterocycles. The number of carbonyl (C=O) groups excluding carboxylic acids is 1. The summed E-state index contributed by atoms with van der Waals surface area (Å²) < 4.78 is 13.2. The van der Waals surface area contributed by atoms with E-state index in [4.69, 9.17) is 14.5 Å². The third-order valence-electron chi connectivity index (χ3n) is 4.33. The number of aromatic nitrogens is 2. The fraction of sp³-hybridized carbons (Fsp3) is 0.333. The van der Waals surface area contributed by atoms with E-state index in [1.54, 1.807) is 7.11 Å². The number of nitrogens with zero attached hydrogens (tertiary/aromatic N) is 2. The van der Waals surface area contributed by atoms with Gasteiger partial charge in [0.25, 0.3) is 0 Å². The molecular formula is C21H25N3O3. The number of fused-ring (bicyclic) bond motifs is 1. The van der Waals surface area contributed by atoms with Crippen molar-refractivity contribution in [2.24, 2.45) is 0 Å². The Morgan fingerprint density at radius 2 is 1.96 bits per heavy atom. The first-order valence-corrected chi connectivity index (χ1v) is 9.07. The van der Waals surface area contributed by atoms with Crippen LogP contribution in [0.25, 0.3) is 11.0 Å². The highest BCUT2D eigenvalue weighted by Crippen LogP contribution is 2.22. The lowest BCUT2D eigenvalue weighted by atomic mass is 10.3. The van der Waals surface area contributed by atoms with E-state index in [1.165, 1.54) is 6.92 Å². The van der Waals surface area contributed by atoms with Crippen LogP contribution in [0.4, 0.5) is 0 Å². The number of carbonyl (C=O) groups is 1. The predicted octanol–water partition coefficient (Wildman–Crippen LogP) is 3.71. The lowest BCUT2D eigenvalue weighted by molar-refractivity contribution is -0.119. The number of hydrogen-bond donors (Lipinski definition) is 1. The molecule has 0 fully saturated rings. The molecule has 6 nitrogen and oxygen atoms in total. The number of benzene rings is 2. The molecular weight excluding hydrogens is 342 g/mol. The zero-order chi connectivity index (χ0) is 19.2. The molecule has 0 spiro atoms. The van der Waals surface area contributed by atoms with Crippen molar-refractivity contribution < 1.29 is 14.3 Å². The maximum Gasteiger partial charge on any atom is 0.217 e. The van der Waals surface area contributed by atoms with Gasteiger partial charge in [-0.25, -0.2) is 4.98 Å². The highest BCUT2D eigenvalue weighted by molar-refractivity contribution is 5.77. The van der Waals surface area contributed by atoms with Crippen molar-refractivity contribution in [3.63, 3.8) is 0 Å². The molecule has 0 saturated heterocycles. The Labute approximate surface area is 159 Å². The SMILES string of the molecule is COc1cccc(OCCCn2c(C(C)NC(C)=O)nc3ccccc32)c1. The van der Waals surface area contributed by atoms with E-state index in [1.807, 2.05) is 49.4 Å². The first-order valence-electron chi connectivity index (χ1n) is 9.07. The van der Waals surface area contributed by atoms with Crippen molar-refractivity contribution in [1.29, 1.82) is 0 Å². The summed E-state index contributed by atoms with van der Waals surface area (Å²) in [5.74, 6) is 2.35. The van der Waals surface area contributed by atoms with Crippen LogP contribution < -0.4 is 14.8 Å². The van der Waals surface area contributed by atoms with Crippen LogP contribution >= 0.6 is 0 Å². The first kappa shape index (κ1) is 18.8. The summed E-state index contributed by atoms with van der Waals surface area (Å²) in [5.41, 5.74) is 1.99. The van der Waals surface area contributed by atoms with E-state index in [9.17, 15) is 4.79 Å². The van der Waals surface area contributed by atoms with Crippen molar-refractivity contribution in [3.8, 4) is 11.5 Å². The maximum atomic E-state index is 11.4. The van der Waals surface area contributed by atoms with Gasteiger partial charge in [0.2, 0.25) is 5.91 Å². The van der Waals surface area contributed by atoms with Gasteiger partial charge >= 0.3 is 0 Å². The molecule has 27 heavy (non-hydrogen) atoms. The molecule has 1 aromatic heterocycles. The second kappa shape index (κ2) is 8.58. The Morgan fingerprint density at radius 3 is 2.74 bits per heavy atom. The van der Waals surface area contributed by atoms with Crippen LogP contribution in [0.5, 0.6) is 11.5 Å². The van der Waals surface area contributed by atoms with Crippen molar-refractivity contribution in [1.82, 2.24) is 14.9 Å². The molecule has 1 N–H and O–H groups in total. The number of amides is 1. The highest BCUT2D eigenvalue weighted by Gasteiger charge is 2.17. The summed E-state index contributed by atoms with van der Waals surface area (Å²) in [5, 5.41) is 2.92. The fourth-order valence-electron chi connectivity index (χ4n) is 3.13. The summed E-state index contributed by atoms with van der Waals surface area (Å²) >= 11 is 0. The zero-order valence-electron chi connectivity index (χ0n) is 15.9. The molecule has 0 bridgehead atoms. The minimum atomic E-state index is -0.158. The van der Waals surface area contributed by atoms with Crippen molar-refractivity contribution in [2.75, 3.05) is 13.7 Å². The predicted molar refractivity (Wildman–Crippen MR) is 105 cm³/mol. The number of rotatable bonds is 8. The van der Waals surface area contributed by atoms with E-state index < -0.39 is 0 Å². The topological polar surface area (TPSA) is 65.4 Å². The number of para-hydroxylation sites is 2. The van der Waals surface area contributed by atoms with Gasteiger partial charge in [-0.05, 0) is 37.6 Å². The quantitative estimate of drug-likeness (QED) is 0.617. The molecule has 1 unspecified atom stereocenters. The van der Waals surface area contributed by atoms with Gasteiger partial charge in [-0.15, -0.1) is 0 Å². The van der Waals surface area contributed by atoms with Gasteiger partial charge < -0.3 is 19.4 Å². The smallest absolute Gasteiger partial charge is 0.217 e. The lowest BCUT2D eigenvalue weighted by Crippen LogP contribution is -2.26. The largest absolute Gasteiger partial charge is 0.497 e. The van der Waals surface area contributed by atoms with Crippen molar-refractivity contribution >= 4 is 16.9 Å². The molecule has 2 aromatic carbocycles. The molecule has 3 aromatic rings. The molecule has 0 radical (unpaired) electrons. The van der Waals surface area contributed by atoms with Crippen LogP contribution in [-0.2, 0) is 11.3 Å². The van der Waals surface area contributed by atoms with Gasteiger partial charge in [0.15, 0.2) is 0 Å². The third-order valence-corrected chi connectivity index (χ3v) is 4.33. The monoisotopic (exact) mass is 367 g/mol. The van der Waals surface area contributed by atoms with Gasteiger partial charge in [-0.3, -0.25) is 4.79 Å². The number of nitrogens with one attached hydrogen (secondary N) is 1. The van der Waals surface area contributed by atoms with Crippen LogP contribution in [0.1, 0.15) is 32.1 Å². The molecule has 6 heteroatoms. The Balaban J connectivity index is 1.70. The summed E-state index contributed by atoms with van der Waals surface area (Å²) in [6.45, 7) is 4.80. The van der Waals surface area contributed by atoms with Crippen LogP contribution in [0, 0.1) is 0 Å². The van der Waals surface area contributed by atoms with E-state index in [-0.39, 0.29) is 11.9 Å². The summed E-state index contributed by atoms with van der Waals surface area (Å²) in [6, 6.07) is 15.4. The third kappa shape index (κ3) is 4.58. The average molecular weight is 367 g/mol. The number of aryl methyl sites for hydroxylation is 1. The number of ether oxygens (including phenoxy) is 2. The van der Waals surface area contributed by atoms with Gasteiger partial charge in [-0.2, -0.15) is 0 Å². The molecule has 3 rings (SSSR count).